The fourth-order valence-corrected chi connectivity index (χ4v) is 6.35. The van der Waals surface area contributed by atoms with E-state index in [2.05, 4.69) is 19.9 Å². The van der Waals surface area contributed by atoms with Gasteiger partial charge in [-0.3, -0.25) is 9.78 Å². The molecule has 0 spiro atoms. The van der Waals surface area contributed by atoms with Gasteiger partial charge in [-0.25, -0.2) is 18.4 Å². The molecule has 11 heteroatoms. The number of nitrogens with one attached hydrogen (secondary N) is 1. The molecule has 5 heterocycles. The number of carbonyl (C=O) groups excluding carboxylic acids is 1. The average molecular weight is 572 g/mol. The van der Waals surface area contributed by atoms with Crippen LogP contribution in [-0.4, -0.2) is 59.4 Å². The molecule has 210 valence electrons. The third-order valence-electron chi connectivity index (χ3n) is 7.27. The molecule has 0 radical (unpaired) electrons. The van der Waals surface area contributed by atoms with Crippen LogP contribution in [0.3, 0.4) is 0 Å². The number of fused-ring (bicyclic) bond motifs is 3. The van der Waals surface area contributed by atoms with E-state index in [9.17, 15) is 13.2 Å². The second-order valence-electron chi connectivity index (χ2n) is 10.1. The first kappa shape index (κ1) is 27.0. The van der Waals surface area contributed by atoms with Crippen LogP contribution in [-0.2, 0) is 39.0 Å². The molecule has 6 rings (SSSR count). The van der Waals surface area contributed by atoms with Crippen molar-refractivity contribution in [3.05, 3.63) is 83.9 Å². The first-order chi connectivity index (χ1) is 19.8. The summed E-state index contributed by atoms with van der Waals surface area (Å²) in [7, 11) is -1.81. The van der Waals surface area contributed by atoms with Crippen LogP contribution < -0.4 is 5.32 Å². The second-order valence-corrected chi connectivity index (χ2v) is 12.1. The van der Waals surface area contributed by atoms with Gasteiger partial charge >= 0.3 is 0 Å². The average Bonchev–Trinajstić information content (AvgIpc) is 3.33. The van der Waals surface area contributed by atoms with E-state index in [1.54, 1.807) is 31.6 Å². The molecule has 1 aliphatic rings. The number of methoxy groups -OCH3 is 1. The monoisotopic (exact) mass is 571 g/mol. The fraction of sp³-hybridized carbons (Fsp3) is 0.267. The molecule has 0 bridgehead atoms. The van der Waals surface area contributed by atoms with E-state index in [0.29, 0.717) is 17.8 Å². The predicted molar refractivity (Wildman–Crippen MR) is 154 cm³/mol. The van der Waals surface area contributed by atoms with Crippen LogP contribution >= 0.6 is 0 Å². The minimum absolute atomic E-state index is 0.0562. The van der Waals surface area contributed by atoms with E-state index in [0.717, 1.165) is 33.2 Å². The molecule has 5 aromatic rings. The molecule has 1 atom stereocenters. The van der Waals surface area contributed by atoms with Gasteiger partial charge in [0.05, 0.1) is 53.4 Å². The number of pyridine rings is 3. The van der Waals surface area contributed by atoms with Gasteiger partial charge in [-0.1, -0.05) is 6.07 Å². The number of hydrogen-bond acceptors (Lipinski definition) is 8. The van der Waals surface area contributed by atoms with Crippen molar-refractivity contribution in [2.24, 2.45) is 0 Å². The Labute approximate surface area is 237 Å². The SMILES string of the molecule is CO[C@H](C)Cn1ccc2c(-c3ccc4cnc(CNC(=O)c5ccc6c(c5)S(=O)(=O)CCOC6)cc4n3)ccnc21. The lowest BCUT2D eigenvalue weighted by molar-refractivity contribution is 0.0949. The number of aromatic nitrogens is 4. The molecule has 1 amide bonds. The highest BCUT2D eigenvalue weighted by Crippen LogP contribution is 2.29. The van der Waals surface area contributed by atoms with Crippen LogP contribution in [0.25, 0.3) is 33.2 Å². The Kier molecular flexibility index (Phi) is 7.24. The fourth-order valence-electron chi connectivity index (χ4n) is 4.96. The van der Waals surface area contributed by atoms with Crippen LogP contribution in [0, 0.1) is 0 Å². The number of nitrogens with zero attached hydrogens (tertiary/aromatic N) is 4. The molecule has 10 nitrogen and oxygen atoms in total. The van der Waals surface area contributed by atoms with Crippen molar-refractivity contribution in [2.45, 2.75) is 37.6 Å². The van der Waals surface area contributed by atoms with Crippen LogP contribution in [0.2, 0.25) is 0 Å². The number of carbonyl (C=O) groups is 1. The Bertz CT molecular complexity index is 1890. The third-order valence-corrected chi connectivity index (χ3v) is 9.03. The van der Waals surface area contributed by atoms with Crippen molar-refractivity contribution in [2.75, 3.05) is 19.5 Å². The van der Waals surface area contributed by atoms with Gasteiger partial charge in [0.1, 0.15) is 5.65 Å². The topological polar surface area (TPSA) is 125 Å². The van der Waals surface area contributed by atoms with Gasteiger partial charge in [0.25, 0.3) is 5.91 Å². The highest BCUT2D eigenvalue weighted by molar-refractivity contribution is 7.91. The summed E-state index contributed by atoms with van der Waals surface area (Å²) in [5.41, 5.74) is 4.84. The molecule has 4 aromatic heterocycles. The van der Waals surface area contributed by atoms with Gasteiger partial charge in [0, 0.05) is 54.1 Å². The highest BCUT2D eigenvalue weighted by Gasteiger charge is 2.23. The van der Waals surface area contributed by atoms with Gasteiger partial charge in [0.15, 0.2) is 9.84 Å². The predicted octanol–water partition coefficient (Wildman–Crippen LogP) is 3.92. The largest absolute Gasteiger partial charge is 0.380 e. The van der Waals surface area contributed by atoms with Gasteiger partial charge in [0.2, 0.25) is 0 Å². The van der Waals surface area contributed by atoms with Crippen LogP contribution in [0.1, 0.15) is 28.5 Å². The molecule has 0 saturated carbocycles. The zero-order valence-electron chi connectivity index (χ0n) is 22.7. The highest BCUT2D eigenvalue weighted by atomic mass is 32.2. The Balaban J connectivity index is 1.23. The number of amides is 1. The molecular weight excluding hydrogens is 542 g/mol. The lowest BCUT2D eigenvalue weighted by atomic mass is 10.1. The molecule has 0 fully saturated rings. The Morgan fingerprint density at radius 3 is 2.88 bits per heavy atom. The lowest BCUT2D eigenvalue weighted by Crippen LogP contribution is -2.23. The zero-order chi connectivity index (χ0) is 28.6. The van der Waals surface area contributed by atoms with E-state index >= 15 is 0 Å². The molecule has 0 aliphatic carbocycles. The van der Waals surface area contributed by atoms with Gasteiger partial charge in [-0.05, 0) is 55.0 Å². The maximum Gasteiger partial charge on any atom is 0.251 e. The number of sulfone groups is 1. The number of ether oxygens (including phenoxy) is 2. The summed E-state index contributed by atoms with van der Waals surface area (Å²) in [6, 6.07) is 14.5. The molecule has 1 N–H and O–H groups in total. The molecule has 1 aliphatic heterocycles. The first-order valence-electron chi connectivity index (χ1n) is 13.3. The lowest BCUT2D eigenvalue weighted by Gasteiger charge is -2.11. The van der Waals surface area contributed by atoms with Crippen molar-refractivity contribution >= 4 is 37.7 Å². The summed E-state index contributed by atoms with van der Waals surface area (Å²) in [5, 5.41) is 4.72. The standard InChI is InChI=1S/C30H29N5O5S/c1-19(39-2)17-35-10-8-25-24(7-9-31-29(25)35)26-6-5-21-15-32-23(14-27(21)34-26)16-33-30(36)20-3-4-22-18-40-11-12-41(37,38)28(22)13-20/h3-10,13-15,19H,11-12,16-18H2,1-2H3,(H,33,36)/t19-/m1/s1. The molecule has 0 saturated heterocycles. The van der Waals surface area contributed by atoms with Gasteiger partial charge in [-0.15, -0.1) is 0 Å². The summed E-state index contributed by atoms with van der Waals surface area (Å²) in [6.45, 7) is 3.21. The summed E-state index contributed by atoms with van der Waals surface area (Å²) < 4.78 is 38.0. The zero-order valence-corrected chi connectivity index (χ0v) is 23.5. The molecule has 0 unspecified atom stereocenters. The van der Waals surface area contributed by atoms with Crippen molar-refractivity contribution < 1.29 is 22.7 Å². The van der Waals surface area contributed by atoms with Gasteiger partial charge < -0.3 is 19.4 Å². The normalized spacial score (nSPS) is 15.4. The minimum Gasteiger partial charge on any atom is -0.380 e. The van der Waals surface area contributed by atoms with Crippen molar-refractivity contribution in [1.82, 2.24) is 24.8 Å². The van der Waals surface area contributed by atoms with E-state index in [-0.39, 0.29) is 48.0 Å². The van der Waals surface area contributed by atoms with E-state index < -0.39 is 9.84 Å². The van der Waals surface area contributed by atoms with Crippen LogP contribution in [0.15, 0.2) is 72.0 Å². The maximum absolute atomic E-state index is 12.9. The van der Waals surface area contributed by atoms with E-state index in [1.807, 2.05) is 43.5 Å². The number of benzene rings is 1. The smallest absolute Gasteiger partial charge is 0.251 e. The summed E-state index contributed by atoms with van der Waals surface area (Å²) in [5.74, 6) is -0.492. The van der Waals surface area contributed by atoms with Crippen molar-refractivity contribution in [1.29, 1.82) is 0 Å². The summed E-state index contributed by atoms with van der Waals surface area (Å²) >= 11 is 0. The van der Waals surface area contributed by atoms with Crippen molar-refractivity contribution in [3.63, 3.8) is 0 Å². The molecule has 1 aromatic carbocycles. The first-order valence-corrected chi connectivity index (χ1v) is 14.9. The van der Waals surface area contributed by atoms with Crippen LogP contribution in [0.4, 0.5) is 0 Å². The van der Waals surface area contributed by atoms with Crippen LogP contribution in [0.5, 0.6) is 0 Å². The molecule has 41 heavy (non-hydrogen) atoms. The quantitative estimate of drug-likeness (QED) is 0.312. The summed E-state index contributed by atoms with van der Waals surface area (Å²) in [4.78, 5) is 27.0. The Morgan fingerprint density at radius 1 is 1.15 bits per heavy atom. The Hall–Kier alpha value is -4.19. The maximum atomic E-state index is 12.9. The van der Waals surface area contributed by atoms with E-state index in [1.165, 1.54) is 6.07 Å². The van der Waals surface area contributed by atoms with E-state index in [4.69, 9.17) is 14.5 Å². The minimum atomic E-state index is -3.51. The number of hydrogen-bond donors (Lipinski definition) is 1. The Morgan fingerprint density at radius 2 is 2.02 bits per heavy atom. The second kappa shape index (κ2) is 11.0. The van der Waals surface area contributed by atoms with Crippen molar-refractivity contribution in [3.8, 4) is 11.3 Å². The molecular formula is C30H29N5O5S. The van der Waals surface area contributed by atoms with Gasteiger partial charge in [-0.2, -0.15) is 0 Å². The summed E-state index contributed by atoms with van der Waals surface area (Å²) in [6.07, 6.45) is 5.58. The number of rotatable bonds is 7. The third kappa shape index (κ3) is 5.43.